The fourth-order valence-electron chi connectivity index (χ4n) is 2.19. The minimum Gasteiger partial charge on any atom is -0.495 e. The van der Waals surface area contributed by atoms with Gasteiger partial charge in [0.1, 0.15) is 16.8 Å². The monoisotopic (exact) mass is 448 g/mol. The van der Waals surface area contributed by atoms with Gasteiger partial charge >= 0.3 is 0 Å². The highest BCUT2D eigenvalue weighted by Gasteiger charge is 2.12. The van der Waals surface area contributed by atoms with Crippen LogP contribution in [0.4, 0.5) is 0 Å². The Hall–Kier alpha value is -1.68. The lowest BCUT2D eigenvalue weighted by atomic mass is 10.1. The Morgan fingerprint density at radius 1 is 1.30 bits per heavy atom. The molecule has 3 nitrogen and oxygen atoms in total. The van der Waals surface area contributed by atoms with Crippen LogP contribution in [0.2, 0.25) is 0 Å². The first kappa shape index (κ1) is 16.2. The van der Waals surface area contributed by atoms with Crippen LogP contribution in [0.15, 0.2) is 45.3 Å². The van der Waals surface area contributed by atoms with Gasteiger partial charge in [-0.15, -0.1) is 11.3 Å². The first-order valence-corrected chi connectivity index (χ1v) is 9.03. The molecule has 0 radical (unpaired) electrons. The van der Waals surface area contributed by atoms with Gasteiger partial charge in [-0.1, -0.05) is 28.1 Å². The van der Waals surface area contributed by atoms with Crippen molar-refractivity contribution in [3.8, 4) is 11.8 Å². The molecule has 0 saturated heterocycles. The Morgan fingerprint density at radius 3 is 2.78 bits per heavy atom. The molecule has 0 N–H and O–H groups in total. The molecule has 23 heavy (non-hydrogen) atoms. The summed E-state index contributed by atoms with van der Waals surface area (Å²) in [7, 11) is 1.61. The van der Waals surface area contributed by atoms with Crippen LogP contribution in [0.25, 0.3) is 21.9 Å². The van der Waals surface area contributed by atoms with E-state index in [9.17, 15) is 5.26 Å². The van der Waals surface area contributed by atoms with E-state index in [2.05, 4.69) is 42.9 Å². The Balaban J connectivity index is 2.14. The Bertz CT molecular complexity index is 924. The van der Waals surface area contributed by atoms with Crippen molar-refractivity contribution in [1.29, 1.82) is 5.26 Å². The highest BCUT2D eigenvalue weighted by Crippen LogP contribution is 2.36. The molecule has 0 atom stereocenters. The van der Waals surface area contributed by atoms with E-state index in [1.807, 2.05) is 36.4 Å². The number of hydrogen-bond acceptors (Lipinski definition) is 4. The van der Waals surface area contributed by atoms with Crippen LogP contribution in [-0.2, 0) is 0 Å². The van der Waals surface area contributed by atoms with Crippen molar-refractivity contribution in [1.82, 2.24) is 4.98 Å². The lowest BCUT2D eigenvalue weighted by Crippen LogP contribution is -1.90. The Morgan fingerprint density at radius 2 is 2.09 bits per heavy atom. The second kappa shape index (κ2) is 6.83. The number of allylic oxidation sites excluding steroid dienone is 1. The van der Waals surface area contributed by atoms with Gasteiger partial charge in [0.25, 0.3) is 0 Å². The minimum absolute atomic E-state index is 0.509. The fourth-order valence-corrected chi connectivity index (χ4v) is 4.54. The van der Waals surface area contributed by atoms with Gasteiger partial charge in [-0.25, -0.2) is 4.98 Å². The lowest BCUT2D eigenvalue weighted by molar-refractivity contribution is 0.411. The number of ether oxygens (including phenoxy) is 1. The van der Waals surface area contributed by atoms with E-state index in [-0.39, 0.29) is 0 Å². The van der Waals surface area contributed by atoms with Crippen molar-refractivity contribution >= 4 is 65.1 Å². The molecule has 1 aromatic heterocycles. The van der Waals surface area contributed by atoms with Crippen molar-refractivity contribution in [3.05, 3.63) is 55.9 Å². The molecule has 0 bridgehead atoms. The van der Waals surface area contributed by atoms with Crippen molar-refractivity contribution in [2.24, 2.45) is 0 Å². The van der Waals surface area contributed by atoms with Gasteiger partial charge in [-0.3, -0.25) is 0 Å². The van der Waals surface area contributed by atoms with E-state index in [4.69, 9.17) is 4.74 Å². The number of fused-ring (bicyclic) bond motifs is 1. The molecule has 0 aliphatic heterocycles. The molecule has 2 aromatic carbocycles. The second-order valence-electron chi connectivity index (χ2n) is 4.67. The van der Waals surface area contributed by atoms with E-state index < -0.39 is 0 Å². The van der Waals surface area contributed by atoms with E-state index in [1.54, 1.807) is 13.2 Å². The molecule has 6 heteroatoms. The van der Waals surface area contributed by atoms with Crippen LogP contribution >= 0.6 is 43.2 Å². The van der Waals surface area contributed by atoms with Gasteiger partial charge in [0.05, 0.1) is 27.4 Å². The molecule has 0 spiro atoms. The maximum Gasteiger partial charge on any atom is 0.140 e. The topological polar surface area (TPSA) is 45.9 Å². The van der Waals surface area contributed by atoms with Crippen molar-refractivity contribution in [2.75, 3.05) is 7.11 Å². The Kier molecular flexibility index (Phi) is 4.81. The summed E-state index contributed by atoms with van der Waals surface area (Å²) in [5.41, 5.74) is 2.22. The van der Waals surface area contributed by atoms with Crippen molar-refractivity contribution in [2.45, 2.75) is 0 Å². The fraction of sp³-hybridized carbons (Fsp3) is 0.0588. The number of thiazole rings is 1. The summed E-state index contributed by atoms with van der Waals surface area (Å²) in [6.07, 6.45) is 1.80. The van der Waals surface area contributed by atoms with Crippen LogP contribution < -0.4 is 4.74 Å². The summed E-state index contributed by atoms with van der Waals surface area (Å²) < 4.78 is 8.22. The van der Waals surface area contributed by atoms with Crippen LogP contribution in [0.5, 0.6) is 5.75 Å². The molecule has 114 valence electrons. The standard InChI is InChI=1S/C17H10Br2N2OS/c1-22-16-10(7-12(18)8-13(16)19)6-11(9-20)17-21-14-4-2-3-5-15(14)23-17/h2-8H,1H3/b11-6-. The molecule has 0 amide bonds. The molecule has 0 fully saturated rings. The largest absolute Gasteiger partial charge is 0.495 e. The third-order valence-electron chi connectivity index (χ3n) is 3.19. The first-order chi connectivity index (χ1) is 11.1. The molecule has 3 aromatic rings. The summed E-state index contributed by atoms with van der Waals surface area (Å²) in [4.78, 5) is 4.54. The van der Waals surface area contributed by atoms with E-state index in [1.165, 1.54) is 11.3 Å². The number of halogens is 2. The van der Waals surface area contributed by atoms with Crippen molar-refractivity contribution in [3.63, 3.8) is 0 Å². The highest BCUT2D eigenvalue weighted by molar-refractivity contribution is 9.11. The number of methoxy groups -OCH3 is 1. The Labute approximate surface area is 154 Å². The molecule has 1 heterocycles. The number of nitriles is 1. The zero-order valence-electron chi connectivity index (χ0n) is 12.0. The minimum atomic E-state index is 0.509. The second-order valence-corrected chi connectivity index (χ2v) is 7.47. The first-order valence-electron chi connectivity index (χ1n) is 6.63. The van der Waals surface area contributed by atoms with Gasteiger partial charge in [-0.2, -0.15) is 5.26 Å². The third kappa shape index (κ3) is 3.32. The third-order valence-corrected chi connectivity index (χ3v) is 5.30. The zero-order chi connectivity index (χ0) is 16.4. The summed E-state index contributed by atoms with van der Waals surface area (Å²) in [6, 6.07) is 13.9. The summed E-state index contributed by atoms with van der Waals surface area (Å²) >= 11 is 8.44. The number of nitrogens with zero attached hydrogens (tertiary/aromatic N) is 2. The number of para-hydroxylation sites is 1. The summed E-state index contributed by atoms with van der Waals surface area (Å²) in [5.74, 6) is 0.682. The molecule has 0 saturated carbocycles. The van der Waals surface area contributed by atoms with Gasteiger partial charge in [-0.05, 0) is 46.3 Å². The molecular weight excluding hydrogens is 440 g/mol. The number of rotatable bonds is 3. The predicted octanol–water partition coefficient (Wildman–Crippen LogP) is 5.89. The molecule has 3 rings (SSSR count). The molecule has 0 aliphatic rings. The van der Waals surface area contributed by atoms with Crippen LogP contribution in [0, 0.1) is 11.3 Å². The molecule has 0 unspecified atom stereocenters. The smallest absolute Gasteiger partial charge is 0.140 e. The van der Waals surface area contributed by atoms with Gasteiger partial charge in [0.15, 0.2) is 0 Å². The van der Waals surface area contributed by atoms with Crippen LogP contribution in [0.1, 0.15) is 10.6 Å². The maximum absolute atomic E-state index is 9.55. The predicted molar refractivity (Wildman–Crippen MR) is 101 cm³/mol. The maximum atomic E-state index is 9.55. The number of hydrogen-bond donors (Lipinski definition) is 0. The van der Waals surface area contributed by atoms with Gasteiger partial charge < -0.3 is 4.74 Å². The number of benzene rings is 2. The van der Waals surface area contributed by atoms with Crippen LogP contribution in [-0.4, -0.2) is 12.1 Å². The zero-order valence-corrected chi connectivity index (χ0v) is 16.0. The van der Waals surface area contributed by atoms with E-state index in [0.29, 0.717) is 16.3 Å². The van der Waals surface area contributed by atoms with Gasteiger partial charge in [0, 0.05) is 10.0 Å². The summed E-state index contributed by atoms with van der Waals surface area (Å²) in [6.45, 7) is 0. The normalized spacial score (nSPS) is 11.5. The van der Waals surface area contributed by atoms with E-state index >= 15 is 0 Å². The van der Waals surface area contributed by atoms with Crippen molar-refractivity contribution < 1.29 is 4.74 Å². The SMILES string of the molecule is COc1c(Br)cc(Br)cc1/C=C(/C#N)c1nc2ccccc2s1. The van der Waals surface area contributed by atoms with Crippen LogP contribution in [0.3, 0.4) is 0 Å². The molecular formula is C17H10Br2N2OS. The quantitative estimate of drug-likeness (QED) is 0.468. The average molecular weight is 450 g/mol. The lowest BCUT2D eigenvalue weighted by Gasteiger charge is -2.08. The van der Waals surface area contributed by atoms with E-state index in [0.717, 1.165) is 24.7 Å². The highest BCUT2D eigenvalue weighted by atomic mass is 79.9. The summed E-state index contributed by atoms with van der Waals surface area (Å²) in [5, 5.41) is 10.3. The number of aromatic nitrogens is 1. The molecule has 0 aliphatic carbocycles. The average Bonchev–Trinajstić information content (AvgIpc) is 2.95. The van der Waals surface area contributed by atoms with Gasteiger partial charge in [0.2, 0.25) is 0 Å².